The van der Waals surface area contributed by atoms with Crippen LogP contribution in [0.1, 0.15) is 28.8 Å². The number of likely N-dealkylation sites (tertiary alicyclic amines) is 1. The van der Waals surface area contributed by atoms with E-state index >= 15 is 0 Å². The SMILES string of the molecule is Cc1ccc(C(=O)N2CCC(OCCO)CC2)c(F)c1. The molecule has 20 heavy (non-hydrogen) atoms. The summed E-state index contributed by atoms with van der Waals surface area (Å²) in [5.74, 6) is -0.725. The third-order valence-electron chi connectivity index (χ3n) is 3.53. The van der Waals surface area contributed by atoms with Crippen LogP contribution in [0, 0.1) is 12.7 Å². The van der Waals surface area contributed by atoms with Gasteiger partial charge in [0.15, 0.2) is 0 Å². The van der Waals surface area contributed by atoms with E-state index in [1.54, 1.807) is 24.0 Å². The number of carbonyl (C=O) groups excluding carboxylic acids is 1. The fourth-order valence-corrected chi connectivity index (χ4v) is 2.41. The molecule has 0 aliphatic carbocycles. The number of nitrogens with zero attached hydrogens (tertiary/aromatic N) is 1. The molecular weight excluding hydrogens is 261 g/mol. The Morgan fingerprint density at radius 2 is 2.15 bits per heavy atom. The number of rotatable bonds is 4. The van der Waals surface area contributed by atoms with Crippen LogP contribution in [-0.4, -0.2) is 48.3 Å². The fourth-order valence-electron chi connectivity index (χ4n) is 2.41. The van der Waals surface area contributed by atoms with Crippen molar-refractivity contribution in [3.63, 3.8) is 0 Å². The van der Waals surface area contributed by atoms with Gasteiger partial charge in [-0.15, -0.1) is 0 Å². The molecule has 5 heteroatoms. The Balaban J connectivity index is 1.94. The van der Waals surface area contributed by atoms with E-state index in [-0.39, 0.29) is 24.2 Å². The van der Waals surface area contributed by atoms with Crippen molar-refractivity contribution in [3.05, 3.63) is 35.1 Å². The number of piperidine rings is 1. The number of ether oxygens (including phenoxy) is 1. The Hall–Kier alpha value is -1.46. The molecule has 0 radical (unpaired) electrons. The molecule has 110 valence electrons. The van der Waals surface area contributed by atoms with E-state index in [0.29, 0.717) is 19.7 Å². The summed E-state index contributed by atoms with van der Waals surface area (Å²) in [6.45, 7) is 3.24. The monoisotopic (exact) mass is 281 g/mol. The summed E-state index contributed by atoms with van der Waals surface area (Å²) in [5, 5.41) is 8.71. The summed E-state index contributed by atoms with van der Waals surface area (Å²) < 4.78 is 19.2. The second-order valence-corrected chi connectivity index (χ2v) is 5.07. The molecule has 1 N–H and O–H groups in total. The lowest BCUT2D eigenvalue weighted by atomic mass is 10.1. The lowest BCUT2D eigenvalue weighted by Crippen LogP contribution is -2.41. The molecule has 1 fully saturated rings. The largest absolute Gasteiger partial charge is 0.394 e. The van der Waals surface area contributed by atoms with E-state index in [2.05, 4.69) is 0 Å². The Kier molecular flexibility index (Phi) is 5.09. The fraction of sp³-hybridized carbons (Fsp3) is 0.533. The molecule has 0 saturated carbocycles. The number of aliphatic hydroxyl groups is 1. The van der Waals surface area contributed by atoms with Gasteiger partial charge in [-0.1, -0.05) is 6.07 Å². The van der Waals surface area contributed by atoms with Gasteiger partial charge in [0.1, 0.15) is 5.82 Å². The number of benzene rings is 1. The van der Waals surface area contributed by atoms with Crippen LogP contribution in [0.15, 0.2) is 18.2 Å². The van der Waals surface area contributed by atoms with Crippen LogP contribution >= 0.6 is 0 Å². The predicted octanol–water partition coefficient (Wildman–Crippen LogP) is 1.75. The minimum atomic E-state index is -0.464. The minimum Gasteiger partial charge on any atom is -0.394 e. The van der Waals surface area contributed by atoms with Gasteiger partial charge >= 0.3 is 0 Å². The van der Waals surface area contributed by atoms with Crippen molar-refractivity contribution >= 4 is 5.91 Å². The highest BCUT2D eigenvalue weighted by atomic mass is 19.1. The second-order valence-electron chi connectivity index (χ2n) is 5.07. The predicted molar refractivity (Wildman–Crippen MR) is 73.1 cm³/mol. The number of hydrogen-bond donors (Lipinski definition) is 1. The van der Waals surface area contributed by atoms with Gasteiger partial charge in [-0.3, -0.25) is 4.79 Å². The second kappa shape index (κ2) is 6.81. The van der Waals surface area contributed by atoms with Crippen LogP contribution in [0.2, 0.25) is 0 Å². The molecule has 0 bridgehead atoms. The lowest BCUT2D eigenvalue weighted by molar-refractivity contribution is -0.00561. The molecule has 1 aromatic carbocycles. The van der Waals surface area contributed by atoms with E-state index in [9.17, 15) is 9.18 Å². The molecule has 4 nitrogen and oxygen atoms in total. The molecule has 1 heterocycles. The van der Waals surface area contributed by atoms with Crippen LogP contribution in [0.3, 0.4) is 0 Å². The van der Waals surface area contributed by atoms with E-state index < -0.39 is 5.82 Å². The van der Waals surface area contributed by atoms with Crippen molar-refractivity contribution in [1.82, 2.24) is 4.90 Å². The van der Waals surface area contributed by atoms with Crippen molar-refractivity contribution < 1.29 is 19.0 Å². The Bertz CT molecular complexity index is 470. The first-order valence-corrected chi connectivity index (χ1v) is 6.89. The van der Waals surface area contributed by atoms with Crippen molar-refractivity contribution in [2.45, 2.75) is 25.9 Å². The highest BCUT2D eigenvalue weighted by Gasteiger charge is 2.25. The molecule has 2 rings (SSSR count). The van der Waals surface area contributed by atoms with Crippen LogP contribution in [0.25, 0.3) is 0 Å². The summed E-state index contributed by atoms with van der Waals surface area (Å²) in [6.07, 6.45) is 1.52. The van der Waals surface area contributed by atoms with E-state index in [4.69, 9.17) is 9.84 Å². The van der Waals surface area contributed by atoms with Crippen LogP contribution in [0.4, 0.5) is 4.39 Å². The van der Waals surface area contributed by atoms with E-state index in [1.807, 2.05) is 0 Å². The highest BCUT2D eigenvalue weighted by Crippen LogP contribution is 2.18. The first-order chi connectivity index (χ1) is 9.61. The van der Waals surface area contributed by atoms with Gasteiger partial charge in [0, 0.05) is 13.1 Å². The number of halogens is 1. The molecule has 1 aromatic rings. The summed E-state index contributed by atoms with van der Waals surface area (Å²) in [6, 6.07) is 4.67. The average molecular weight is 281 g/mol. The van der Waals surface area contributed by atoms with Crippen molar-refractivity contribution in [2.24, 2.45) is 0 Å². The summed E-state index contributed by atoms with van der Waals surface area (Å²) >= 11 is 0. The average Bonchev–Trinajstić information content (AvgIpc) is 2.45. The normalized spacial score (nSPS) is 16.4. The van der Waals surface area contributed by atoms with Crippen LogP contribution in [-0.2, 0) is 4.74 Å². The van der Waals surface area contributed by atoms with Crippen molar-refractivity contribution in [1.29, 1.82) is 0 Å². The van der Waals surface area contributed by atoms with Crippen molar-refractivity contribution in [2.75, 3.05) is 26.3 Å². The summed E-state index contributed by atoms with van der Waals surface area (Å²) in [4.78, 5) is 13.9. The lowest BCUT2D eigenvalue weighted by Gasteiger charge is -2.32. The van der Waals surface area contributed by atoms with Gasteiger partial charge in [0.05, 0.1) is 24.9 Å². The maximum atomic E-state index is 13.8. The third-order valence-corrected chi connectivity index (χ3v) is 3.53. The quantitative estimate of drug-likeness (QED) is 0.914. The van der Waals surface area contributed by atoms with Gasteiger partial charge in [-0.25, -0.2) is 4.39 Å². The maximum Gasteiger partial charge on any atom is 0.256 e. The summed E-state index contributed by atoms with van der Waals surface area (Å²) in [5.41, 5.74) is 0.931. The Morgan fingerprint density at radius 1 is 1.45 bits per heavy atom. The summed E-state index contributed by atoms with van der Waals surface area (Å²) in [7, 11) is 0. The minimum absolute atomic E-state index is 0.00766. The molecule has 0 spiro atoms. The van der Waals surface area contributed by atoms with Gasteiger partial charge in [-0.05, 0) is 37.5 Å². The molecule has 1 aliphatic heterocycles. The first kappa shape index (κ1) is 14.9. The molecule has 1 amide bonds. The van der Waals surface area contributed by atoms with Crippen molar-refractivity contribution in [3.8, 4) is 0 Å². The Morgan fingerprint density at radius 3 is 2.75 bits per heavy atom. The number of carbonyl (C=O) groups is 1. The zero-order valence-electron chi connectivity index (χ0n) is 11.6. The molecule has 1 aliphatic rings. The smallest absolute Gasteiger partial charge is 0.256 e. The Labute approximate surface area is 118 Å². The number of amides is 1. The van der Waals surface area contributed by atoms with Gasteiger partial charge in [0.25, 0.3) is 5.91 Å². The van der Waals surface area contributed by atoms with E-state index in [1.165, 1.54) is 6.07 Å². The number of aliphatic hydroxyl groups excluding tert-OH is 1. The van der Waals surface area contributed by atoms with Crippen LogP contribution < -0.4 is 0 Å². The van der Waals surface area contributed by atoms with Gasteiger partial charge in [0.2, 0.25) is 0 Å². The molecule has 1 saturated heterocycles. The first-order valence-electron chi connectivity index (χ1n) is 6.89. The molecule has 0 aromatic heterocycles. The molecule has 0 unspecified atom stereocenters. The number of aryl methyl sites for hydroxylation is 1. The zero-order valence-corrected chi connectivity index (χ0v) is 11.6. The highest BCUT2D eigenvalue weighted by molar-refractivity contribution is 5.94. The number of hydrogen-bond acceptors (Lipinski definition) is 3. The van der Waals surface area contributed by atoms with E-state index in [0.717, 1.165) is 18.4 Å². The third kappa shape index (κ3) is 3.55. The van der Waals surface area contributed by atoms with Gasteiger partial charge in [-0.2, -0.15) is 0 Å². The topological polar surface area (TPSA) is 49.8 Å². The molecule has 0 atom stereocenters. The standard InChI is InChI=1S/C15H20FNO3/c1-11-2-3-13(14(16)10-11)15(19)17-6-4-12(5-7-17)20-9-8-18/h2-3,10,12,18H,4-9H2,1H3. The molecular formula is C15H20FNO3. The van der Waals surface area contributed by atoms with Crippen LogP contribution in [0.5, 0.6) is 0 Å². The maximum absolute atomic E-state index is 13.8. The van der Waals surface area contributed by atoms with Gasteiger partial charge < -0.3 is 14.7 Å². The zero-order chi connectivity index (χ0) is 14.5.